The molecular formula is C24H31NO. The van der Waals surface area contributed by atoms with Gasteiger partial charge in [0.25, 0.3) is 0 Å². The molecule has 1 aliphatic carbocycles. The number of fused-ring (bicyclic) bond motifs is 1. The third-order valence-electron chi connectivity index (χ3n) is 5.60. The molecule has 0 radical (unpaired) electrons. The van der Waals surface area contributed by atoms with Crippen molar-refractivity contribution in [3.63, 3.8) is 0 Å². The van der Waals surface area contributed by atoms with E-state index in [0.717, 1.165) is 12.0 Å². The van der Waals surface area contributed by atoms with Gasteiger partial charge >= 0.3 is 0 Å². The SMILES string of the molecule is CCCN(CCC)C1CCc2cccc(-c3ccc(C(C)=O)cc3)c2C1. The average molecular weight is 350 g/mol. The van der Waals surface area contributed by atoms with Crippen molar-refractivity contribution >= 4 is 5.78 Å². The minimum absolute atomic E-state index is 0.126. The number of ketones is 1. The van der Waals surface area contributed by atoms with E-state index in [-0.39, 0.29) is 5.78 Å². The van der Waals surface area contributed by atoms with Crippen molar-refractivity contribution in [2.24, 2.45) is 0 Å². The van der Waals surface area contributed by atoms with Gasteiger partial charge in [-0.2, -0.15) is 0 Å². The number of carbonyl (C=O) groups excluding carboxylic acids is 1. The van der Waals surface area contributed by atoms with Crippen LogP contribution in [0.25, 0.3) is 11.1 Å². The van der Waals surface area contributed by atoms with Crippen LogP contribution < -0.4 is 0 Å². The molecule has 0 heterocycles. The molecule has 2 heteroatoms. The van der Waals surface area contributed by atoms with Crippen molar-refractivity contribution in [1.29, 1.82) is 0 Å². The van der Waals surface area contributed by atoms with E-state index in [0.29, 0.717) is 6.04 Å². The van der Waals surface area contributed by atoms with Crippen LogP contribution in [0.15, 0.2) is 42.5 Å². The van der Waals surface area contributed by atoms with Gasteiger partial charge in [0.2, 0.25) is 0 Å². The Morgan fingerprint density at radius 2 is 1.73 bits per heavy atom. The van der Waals surface area contributed by atoms with Crippen molar-refractivity contribution in [2.45, 2.75) is 58.9 Å². The Balaban J connectivity index is 1.90. The van der Waals surface area contributed by atoms with Gasteiger partial charge in [-0.05, 0) is 74.4 Å². The molecule has 0 saturated heterocycles. The Kier molecular flexibility index (Phi) is 6.26. The fraction of sp³-hybridized carbons (Fsp3) is 0.458. The van der Waals surface area contributed by atoms with Gasteiger partial charge in [-0.3, -0.25) is 4.79 Å². The lowest BCUT2D eigenvalue weighted by Crippen LogP contribution is -2.40. The molecule has 0 fully saturated rings. The molecule has 1 unspecified atom stereocenters. The van der Waals surface area contributed by atoms with Gasteiger partial charge in [-0.25, -0.2) is 0 Å². The Morgan fingerprint density at radius 3 is 2.35 bits per heavy atom. The molecule has 1 atom stereocenters. The van der Waals surface area contributed by atoms with E-state index < -0.39 is 0 Å². The third-order valence-corrected chi connectivity index (χ3v) is 5.60. The van der Waals surface area contributed by atoms with E-state index in [1.807, 2.05) is 12.1 Å². The standard InChI is InChI=1S/C24H31NO/c1-4-15-25(16-5-2)22-14-13-20-7-6-8-23(24(20)17-22)21-11-9-19(10-12-21)18(3)26/h6-12,22H,4-5,13-17H2,1-3H3. The summed E-state index contributed by atoms with van der Waals surface area (Å²) in [4.78, 5) is 14.3. The van der Waals surface area contributed by atoms with E-state index >= 15 is 0 Å². The van der Waals surface area contributed by atoms with Crippen LogP contribution in [0.1, 0.15) is 61.5 Å². The normalized spacial score (nSPS) is 16.5. The zero-order chi connectivity index (χ0) is 18.5. The zero-order valence-electron chi connectivity index (χ0n) is 16.4. The fourth-order valence-electron chi connectivity index (χ4n) is 4.29. The molecule has 0 N–H and O–H groups in total. The minimum atomic E-state index is 0.126. The Bertz CT molecular complexity index is 741. The van der Waals surface area contributed by atoms with Gasteiger partial charge in [0.05, 0.1) is 0 Å². The van der Waals surface area contributed by atoms with E-state index in [9.17, 15) is 4.79 Å². The summed E-state index contributed by atoms with van der Waals surface area (Å²) in [6.45, 7) is 8.58. The van der Waals surface area contributed by atoms with Crippen LogP contribution in [0.2, 0.25) is 0 Å². The summed E-state index contributed by atoms with van der Waals surface area (Å²) < 4.78 is 0. The first kappa shape index (κ1) is 18.8. The highest BCUT2D eigenvalue weighted by atomic mass is 16.1. The number of hydrogen-bond acceptors (Lipinski definition) is 2. The Labute approximate surface area is 158 Å². The molecule has 0 aromatic heterocycles. The van der Waals surface area contributed by atoms with Gasteiger partial charge in [0.15, 0.2) is 5.78 Å². The monoisotopic (exact) mass is 349 g/mol. The van der Waals surface area contributed by atoms with Gasteiger partial charge in [0.1, 0.15) is 0 Å². The number of hydrogen-bond donors (Lipinski definition) is 0. The van der Waals surface area contributed by atoms with Crippen molar-refractivity contribution < 1.29 is 4.79 Å². The van der Waals surface area contributed by atoms with E-state index in [1.54, 1.807) is 6.92 Å². The van der Waals surface area contributed by atoms with Crippen molar-refractivity contribution in [3.05, 3.63) is 59.2 Å². The maximum atomic E-state index is 11.6. The quantitative estimate of drug-likeness (QED) is 0.612. The molecule has 2 nitrogen and oxygen atoms in total. The molecule has 0 spiro atoms. The average Bonchev–Trinajstić information content (AvgIpc) is 2.67. The lowest BCUT2D eigenvalue weighted by Gasteiger charge is -2.36. The smallest absolute Gasteiger partial charge is 0.159 e. The van der Waals surface area contributed by atoms with Crippen LogP contribution in [-0.4, -0.2) is 29.8 Å². The predicted molar refractivity (Wildman–Crippen MR) is 110 cm³/mol. The number of benzene rings is 2. The summed E-state index contributed by atoms with van der Waals surface area (Å²) in [5, 5.41) is 0. The first-order valence-corrected chi connectivity index (χ1v) is 10.1. The van der Waals surface area contributed by atoms with Crippen molar-refractivity contribution in [1.82, 2.24) is 4.90 Å². The summed E-state index contributed by atoms with van der Waals surface area (Å²) in [5.41, 5.74) is 6.37. The van der Waals surface area contributed by atoms with E-state index in [4.69, 9.17) is 0 Å². The molecule has 0 bridgehead atoms. The van der Waals surface area contributed by atoms with Crippen LogP contribution in [0.4, 0.5) is 0 Å². The number of carbonyl (C=O) groups is 1. The Hall–Kier alpha value is -1.93. The second-order valence-corrected chi connectivity index (χ2v) is 7.51. The molecular weight excluding hydrogens is 318 g/mol. The summed E-state index contributed by atoms with van der Waals surface area (Å²) in [7, 11) is 0. The molecule has 2 aromatic rings. The van der Waals surface area contributed by atoms with Crippen LogP contribution in [-0.2, 0) is 12.8 Å². The zero-order valence-corrected chi connectivity index (χ0v) is 16.4. The van der Waals surface area contributed by atoms with E-state index in [1.165, 1.54) is 61.0 Å². The summed E-state index contributed by atoms with van der Waals surface area (Å²) in [6, 6.07) is 15.5. The maximum absolute atomic E-state index is 11.6. The summed E-state index contributed by atoms with van der Waals surface area (Å²) in [6.07, 6.45) is 6.01. The Morgan fingerprint density at radius 1 is 1.04 bits per heavy atom. The van der Waals surface area contributed by atoms with Crippen LogP contribution >= 0.6 is 0 Å². The molecule has 0 aliphatic heterocycles. The molecule has 26 heavy (non-hydrogen) atoms. The first-order chi connectivity index (χ1) is 12.6. The number of aryl methyl sites for hydroxylation is 1. The van der Waals surface area contributed by atoms with Crippen LogP contribution in [0.5, 0.6) is 0 Å². The minimum Gasteiger partial charge on any atom is -0.300 e. The van der Waals surface area contributed by atoms with Gasteiger partial charge in [-0.1, -0.05) is 56.3 Å². The lowest BCUT2D eigenvalue weighted by molar-refractivity contribution is 0.101. The number of Topliss-reactive ketones (excluding diaryl/α,β-unsaturated/α-hetero) is 1. The number of rotatable bonds is 7. The van der Waals surface area contributed by atoms with Crippen LogP contribution in [0.3, 0.4) is 0 Å². The van der Waals surface area contributed by atoms with Crippen molar-refractivity contribution in [3.8, 4) is 11.1 Å². The van der Waals surface area contributed by atoms with Gasteiger partial charge < -0.3 is 4.90 Å². The highest BCUT2D eigenvalue weighted by Gasteiger charge is 2.25. The highest BCUT2D eigenvalue weighted by molar-refractivity contribution is 5.94. The van der Waals surface area contributed by atoms with Crippen LogP contribution in [0, 0.1) is 0 Å². The largest absolute Gasteiger partial charge is 0.300 e. The van der Waals surface area contributed by atoms with Gasteiger partial charge in [0, 0.05) is 11.6 Å². The fourth-order valence-corrected chi connectivity index (χ4v) is 4.29. The first-order valence-electron chi connectivity index (χ1n) is 10.1. The molecule has 138 valence electrons. The van der Waals surface area contributed by atoms with Crippen molar-refractivity contribution in [2.75, 3.05) is 13.1 Å². The molecule has 0 saturated carbocycles. The van der Waals surface area contributed by atoms with E-state index in [2.05, 4.69) is 49.1 Å². The second kappa shape index (κ2) is 8.64. The topological polar surface area (TPSA) is 20.3 Å². The highest BCUT2D eigenvalue weighted by Crippen LogP contribution is 2.33. The lowest BCUT2D eigenvalue weighted by atomic mass is 9.82. The maximum Gasteiger partial charge on any atom is 0.159 e. The summed E-state index contributed by atoms with van der Waals surface area (Å²) in [5.74, 6) is 0.126. The summed E-state index contributed by atoms with van der Waals surface area (Å²) >= 11 is 0. The molecule has 3 rings (SSSR count). The predicted octanol–water partition coefficient (Wildman–Crippen LogP) is 5.54. The molecule has 1 aliphatic rings. The molecule has 0 amide bonds. The van der Waals surface area contributed by atoms with Gasteiger partial charge in [-0.15, -0.1) is 0 Å². The molecule has 2 aromatic carbocycles. The third kappa shape index (κ3) is 4.07. The second-order valence-electron chi connectivity index (χ2n) is 7.51. The number of nitrogens with zero attached hydrogens (tertiary/aromatic N) is 1.